The molecule has 0 radical (unpaired) electrons. The van der Waals surface area contributed by atoms with Crippen LogP contribution in [0.15, 0.2) is 57.7 Å². The number of anilines is 1. The summed E-state index contributed by atoms with van der Waals surface area (Å²) >= 11 is 1.14. The largest absolute Gasteiger partial charge is 0.469 e. The number of carbonyl (C=O) groups excluding carboxylic acids is 2. The lowest BCUT2D eigenvalue weighted by Gasteiger charge is -2.23. The van der Waals surface area contributed by atoms with E-state index >= 15 is 0 Å². The van der Waals surface area contributed by atoms with E-state index < -0.39 is 5.92 Å². The van der Waals surface area contributed by atoms with Crippen LogP contribution in [-0.2, 0) is 9.59 Å². The number of aryl methyl sites for hydroxylation is 1. The van der Waals surface area contributed by atoms with Crippen LogP contribution >= 0.6 is 11.8 Å². The van der Waals surface area contributed by atoms with Crippen LogP contribution in [0.2, 0.25) is 0 Å². The van der Waals surface area contributed by atoms with E-state index in [1.165, 1.54) is 6.26 Å². The first-order chi connectivity index (χ1) is 12.6. The maximum atomic E-state index is 12.2. The quantitative estimate of drug-likeness (QED) is 0.845. The van der Waals surface area contributed by atoms with Gasteiger partial charge in [0, 0.05) is 12.1 Å². The standard InChI is InChI=1S/C19H17N3O3S/c1-12-5-2-3-6-15(12)21-18(24)11-26-19-14(10-20)13(9-17(23)22-19)16-7-4-8-25-16/h2-8,13H,9,11H2,1H3,(H,21,24)(H,22,23)/t13-/m0/s1. The number of hydrogen-bond donors (Lipinski definition) is 2. The molecule has 2 aromatic rings. The van der Waals surface area contributed by atoms with Crippen molar-refractivity contribution in [1.82, 2.24) is 5.32 Å². The molecule has 3 rings (SSSR count). The van der Waals surface area contributed by atoms with Crippen LogP contribution in [0.25, 0.3) is 0 Å². The molecule has 132 valence electrons. The molecule has 0 unspecified atom stereocenters. The highest BCUT2D eigenvalue weighted by molar-refractivity contribution is 8.03. The van der Waals surface area contributed by atoms with Gasteiger partial charge in [-0.25, -0.2) is 0 Å². The highest BCUT2D eigenvalue weighted by Crippen LogP contribution is 2.36. The monoisotopic (exact) mass is 367 g/mol. The van der Waals surface area contributed by atoms with E-state index in [0.717, 1.165) is 23.0 Å². The summed E-state index contributed by atoms with van der Waals surface area (Å²) in [7, 11) is 0. The highest BCUT2D eigenvalue weighted by atomic mass is 32.2. The van der Waals surface area contributed by atoms with Crippen molar-refractivity contribution in [2.45, 2.75) is 19.3 Å². The van der Waals surface area contributed by atoms with Gasteiger partial charge in [0.15, 0.2) is 0 Å². The first kappa shape index (κ1) is 17.8. The average Bonchev–Trinajstić information content (AvgIpc) is 3.16. The van der Waals surface area contributed by atoms with Crippen LogP contribution in [-0.4, -0.2) is 17.6 Å². The number of nitrogens with zero attached hydrogens (tertiary/aromatic N) is 1. The maximum Gasteiger partial charge on any atom is 0.234 e. The Hall–Kier alpha value is -2.98. The minimum Gasteiger partial charge on any atom is -0.469 e. The van der Waals surface area contributed by atoms with Crippen LogP contribution < -0.4 is 10.6 Å². The third-order valence-corrected chi connectivity index (χ3v) is 5.03. The Labute approximate surface area is 155 Å². The van der Waals surface area contributed by atoms with E-state index in [9.17, 15) is 14.9 Å². The molecule has 2 heterocycles. The van der Waals surface area contributed by atoms with Gasteiger partial charge in [0.1, 0.15) is 5.76 Å². The normalized spacial score (nSPS) is 16.8. The number of thioether (sulfide) groups is 1. The number of benzene rings is 1. The molecule has 0 bridgehead atoms. The minimum atomic E-state index is -0.425. The molecular weight excluding hydrogens is 350 g/mol. The number of rotatable bonds is 5. The second-order valence-electron chi connectivity index (χ2n) is 5.83. The Morgan fingerprint density at radius 3 is 2.88 bits per heavy atom. The second-order valence-corrected chi connectivity index (χ2v) is 6.81. The van der Waals surface area contributed by atoms with Crippen molar-refractivity contribution in [3.8, 4) is 6.07 Å². The molecule has 0 saturated heterocycles. The molecule has 1 aromatic heterocycles. The lowest BCUT2D eigenvalue weighted by Crippen LogP contribution is -2.31. The molecule has 1 aliphatic rings. The number of hydrogen-bond acceptors (Lipinski definition) is 5. The van der Waals surface area contributed by atoms with Crippen LogP contribution in [0.5, 0.6) is 0 Å². The molecule has 0 aliphatic carbocycles. The van der Waals surface area contributed by atoms with Gasteiger partial charge in [0.25, 0.3) is 0 Å². The molecule has 0 spiro atoms. The van der Waals surface area contributed by atoms with Crippen LogP contribution in [0.3, 0.4) is 0 Å². The minimum absolute atomic E-state index is 0.0833. The highest BCUT2D eigenvalue weighted by Gasteiger charge is 2.31. The van der Waals surface area contributed by atoms with E-state index in [4.69, 9.17) is 4.42 Å². The Bertz CT molecular complexity index is 897. The number of carbonyl (C=O) groups is 2. The van der Waals surface area contributed by atoms with Gasteiger partial charge in [-0.2, -0.15) is 5.26 Å². The van der Waals surface area contributed by atoms with Crippen molar-refractivity contribution in [2.75, 3.05) is 11.1 Å². The van der Waals surface area contributed by atoms with Crippen molar-refractivity contribution in [1.29, 1.82) is 5.26 Å². The van der Waals surface area contributed by atoms with Crippen molar-refractivity contribution in [2.24, 2.45) is 0 Å². The van der Waals surface area contributed by atoms with E-state index in [1.807, 2.05) is 31.2 Å². The summed E-state index contributed by atoms with van der Waals surface area (Å²) in [6, 6.07) is 13.1. The average molecular weight is 367 g/mol. The van der Waals surface area contributed by atoms with Crippen molar-refractivity contribution in [3.05, 3.63) is 64.6 Å². The predicted octanol–water partition coefficient (Wildman–Crippen LogP) is 3.30. The summed E-state index contributed by atoms with van der Waals surface area (Å²) in [5.74, 6) is -0.180. The third kappa shape index (κ3) is 3.98. The molecule has 1 aliphatic heterocycles. The maximum absolute atomic E-state index is 12.2. The number of allylic oxidation sites excluding steroid dienone is 1. The van der Waals surface area contributed by atoms with E-state index in [2.05, 4.69) is 16.7 Å². The summed E-state index contributed by atoms with van der Waals surface area (Å²) in [5, 5.41) is 15.5. The van der Waals surface area contributed by atoms with E-state index in [1.54, 1.807) is 12.1 Å². The smallest absolute Gasteiger partial charge is 0.234 e. The van der Waals surface area contributed by atoms with Crippen LogP contribution in [0.4, 0.5) is 5.69 Å². The van der Waals surface area contributed by atoms with Crippen molar-refractivity contribution >= 4 is 29.3 Å². The fourth-order valence-corrected chi connectivity index (χ4v) is 3.58. The third-order valence-electron chi connectivity index (χ3n) is 4.01. The lowest BCUT2D eigenvalue weighted by molar-refractivity contribution is -0.121. The van der Waals surface area contributed by atoms with Gasteiger partial charge in [0.05, 0.1) is 34.6 Å². The molecule has 7 heteroatoms. The molecule has 2 amide bonds. The Morgan fingerprint density at radius 2 is 2.19 bits per heavy atom. The van der Waals surface area contributed by atoms with E-state index in [-0.39, 0.29) is 24.0 Å². The second kappa shape index (κ2) is 7.93. The Balaban J connectivity index is 1.72. The summed E-state index contributed by atoms with van der Waals surface area (Å²) in [4.78, 5) is 24.2. The van der Waals surface area contributed by atoms with Crippen LogP contribution in [0.1, 0.15) is 23.7 Å². The molecule has 26 heavy (non-hydrogen) atoms. The number of amides is 2. The zero-order chi connectivity index (χ0) is 18.5. The summed E-state index contributed by atoms with van der Waals surface area (Å²) in [6.07, 6.45) is 1.66. The van der Waals surface area contributed by atoms with E-state index in [0.29, 0.717) is 16.4 Å². The summed E-state index contributed by atoms with van der Waals surface area (Å²) in [6.45, 7) is 1.91. The number of nitrogens with one attached hydrogen (secondary N) is 2. The van der Waals surface area contributed by atoms with Gasteiger partial charge in [0.2, 0.25) is 11.8 Å². The molecule has 2 N–H and O–H groups in total. The molecule has 0 fully saturated rings. The fraction of sp³-hybridized carbons (Fsp3) is 0.211. The van der Waals surface area contributed by atoms with Gasteiger partial charge in [-0.05, 0) is 30.7 Å². The van der Waals surface area contributed by atoms with Gasteiger partial charge in [-0.3, -0.25) is 9.59 Å². The first-order valence-corrected chi connectivity index (χ1v) is 9.03. The van der Waals surface area contributed by atoms with Gasteiger partial charge >= 0.3 is 0 Å². The summed E-state index contributed by atoms with van der Waals surface area (Å²) in [5.41, 5.74) is 2.12. The molecule has 1 atom stereocenters. The zero-order valence-corrected chi connectivity index (χ0v) is 14.9. The number of furan rings is 1. The molecule has 6 nitrogen and oxygen atoms in total. The van der Waals surface area contributed by atoms with Gasteiger partial charge in [-0.15, -0.1) is 0 Å². The van der Waals surface area contributed by atoms with Crippen LogP contribution in [0, 0.1) is 18.3 Å². The summed E-state index contributed by atoms with van der Waals surface area (Å²) < 4.78 is 5.37. The van der Waals surface area contributed by atoms with Gasteiger partial charge < -0.3 is 15.1 Å². The zero-order valence-electron chi connectivity index (χ0n) is 14.1. The lowest BCUT2D eigenvalue weighted by atomic mass is 9.92. The van der Waals surface area contributed by atoms with Crippen molar-refractivity contribution < 1.29 is 14.0 Å². The Morgan fingerprint density at radius 1 is 1.38 bits per heavy atom. The van der Waals surface area contributed by atoms with Gasteiger partial charge in [-0.1, -0.05) is 30.0 Å². The molecular formula is C19H17N3O3S. The Kier molecular flexibility index (Phi) is 5.44. The fourth-order valence-electron chi connectivity index (χ4n) is 2.70. The number of nitriles is 1. The predicted molar refractivity (Wildman–Crippen MR) is 99.1 cm³/mol. The SMILES string of the molecule is Cc1ccccc1NC(=O)CSC1=C(C#N)[C@@H](c2ccco2)CC(=O)N1. The molecule has 0 saturated carbocycles. The first-order valence-electron chi connectivity index (χ1n) is 8.04. The topological polar surface area (TPSA) is 95.1 Å². The van der Waals surface area contributed by atoms with Crippen molar-refractivity contribution in [3.63, 3.8) is 0 Å². The molecule has 1 aromatic carbocycles. The number of para-hydroxylation sites is 1.